The summed E-state index contributed by atoms with van der Waals surface area (Å²) in [5, 5.41) is 0.592. The third kappa shape index (κ3) is 4.32. The molecule has 0 amide bonds. The van der Waals surface area contributed by atoms with Gasteiger partial charge in [-0.1, -0.05) is 29.3 Å². The summed E-state index contributed by atoms with van der Waals surface area (Å²) in [6.07, 6.45) is 10.9. The normalized spacial score (nSPS) is 15.1. The maximum Gasteiger partial charge on any atom is 0.175 e. The molecule has 0 saturated carbocycles. The fraction of sp³-hybridized carbons (Fsp3) is 0.188. The lowest BCUT2D eigenvalue weighted by Gasteiger charge is -2.02. The van der Waals surface area contributed by atoms with Crippen LogP contribution >= 0.6 is 11.6 Å². The molecule has 1 aliphatic carbocycles. The maximum atomic E-state index is 11.6. The average Bonchev–Trinajstić information content (AvgIpc) is 2.52. The zero-order chi connectivity index (χ0) is 16.2. The molecule has 1 heterocycles. The van der Waals surface area contributed by atoms with E-state index in [2.05, 4.69) is 16.0 Å². The number of nitrogens with zero attached hydrogens (tertiary/aromatic N) is 1. The van der Waals surface area contributed by atoms with Crippen LogP contribution in [0, 0.1) is 0 Å². The molecule has 1 aromatic heterocycles. The molecule has 0 spiro atoms. The number of aromatic nitrogens is 2. The smallest absolute Gasteiger partial charge is 0.175 e. The van der Waals surface area contributed by atoms with Crippen LogP contribution in [0.1, 0.15) is 19.2 Å². The van der Waals surface area contributed by atoms with Gasteiger partial charge in [-0.2, -0.15) is 0 Å². The van der Waals surface area contributed by atoms with Crippen LogP contribution in [0.2, 0.25) is 0 Å². The lowest BCUT2D eigenvalue weighted by molar-refractivity contribution is 0.602. The molecule has 0 fully saturated rings. The van der Waals surface area contributed by atoms with Crippen LogP contribution < -0.4 is 0 Å². The molecule has 0 atom stereocenters. The van der Waals surface area contributed by atoms with Gasteiger partial charge in [-0.25, -0.2) is 13.4 Å². The molecule has 0 unspecified atom stereocenters. The molecule has 0 aromatic carbocycles. The molecule has 6 heteroatoms. The number of rotatable bonds is 2. The Morgan fingerprint density at radius 2 is 2.05 bits per heavy atom. The van der Waals surface area contributed by atoms with Crippen LogP contribution in [0.5, 0.6) is 0 Å². The first kappa shape index (κ1) is 16.5. The zero-order valence-corrected chi connectivity index (χ0v) is 13.9. The number of hydrogen-bond donors (Lipinski definition) is 1. The largest absolute Gasteiger partial charge is 0.346 e. The molecule has 1 N–H and O–H groups in total. The van der Waals surface area contributed by atoms with Gasteiger partial charge in [0.15, 0.2) is 9.84 Å². The minimum atomic E-state index is -3.28. The van der Waals surface area contributed by atoms with Gasteiger partial charge in [0, 0.05) is 24.2 Å². The predicted molar refractivity (Wildman–Crippen MR) is 89.6 cm³/mol. The second-order valence-corrected chi connectivity index (χ2v) is 7.35. The van der Waals surface area contributed by atoms with E-state index >= 15 is 0 Å². The summed E-state index contributed by atoms with van der Waals surface area (Å²) < 4.78 is 23.2. The highest BCUT2D eigenvalue weighted by molar-refractivity contribution is 7.90. The highest BCUT2D eigenvalue weighted by atomic mass is 35.5. The predicted octanol–water partition coefficient (Wildman–Crippen LogP) is 3.79. The Kier molecular flexibility index (Phi) is 5.21. The summed E-state index contributed by atoms with van der Waals surface area (Å²) >= 11 is 6.33. The van der Waals surface area contributed by atoms with Crippen LogP contribution in [0.4, 0.5) is 0 Å². The van der Waals surface area contributed by atoms with E-state index in [1.807, 2.05) is 19.1 Å². The molecule has 1 aromatic rings. The van der Waals surface area contributed by atoms with E-state index in [1.54, 1.807) is 12.3 Å². The van der Waals surface area contributed by atoms with E-state index in [9.17, 15) is 8.42 Å². The van der Waals surface area contributed by atoms with Crippen LogP contribution in [0.3, 0.4) is 0 Å². The van der Waals surface area contributed by atoms with Crippen LogP contribution in [0.25, 0.3) is 5.57 Å². The average molecular weight is 337 g/mol. The summed E-state index contributed by atoms with van der Waals surface area (Å²) in [5.41, 5.74) is 1.87. The monoisotopic (exact) mass is 336 g/mol. The van der Waals surface area contributed by atoms with Crippen molar-refractivity contribution in [1.29, 1.82) is 0 Å². The SMILES string of the molecule is CC1=CCC=C(c2ncccc(S(C)(=O)=O)cc[nH]2)C(Cl)=C1. The second-order valence-electron chi connectivity index (χ2n) is 4.93. The molecule has 22 heavy (non-hydrogen) atoms. The Balaban J connectivity index is 2.52. The van der Waals surface area contributed by atoms with Crippen LogP contribution in [-0.4, -0.2) is 24.6 Å². The van der Waals surface area contributed by atoms with Gasteiger partial charge in [-0.15, -0.1) is 0 Å². The maximum absolute atomic E-state index is 11.6. The summed E-state index contributed by atoms with van der Waals surface area (Å²) in [4.78, 5) is 7.53. The molecular formula is C16H17ClN2O2S. The van der Waals surface area contributed by atoms with Gasteiger partial charge in [-0.3, -0.25) is 0 Å². The third-order valence-corrected chi connectivity index (χ3v) is 4.52. The quantitative estimate of drug-likeness (QED) is 0.893. The van der Waals surface area contributed by atoms with Gasteiger partial charge < -0.3 is 4.98 Å². The number of aromatic amines is 1. The fourth-order valence-electron chi connectivity index (χ4n) is 1.95. The van der Waals surface area contributed by atoms with Crippen molar-refractivity contribution in [3.05, 3.63) is 65.3 Å². The van der Waals surface area contributed by atoms with E-state index in [4.69, 9.17) is 11.6 Å². The molecule has 116 valence electrons. The van der Waals surface area contributed by atoms with Crippen molar-refractivity contribution in [2.75, 3.05) is 6.26 Å². The van der Waals surface area contributed by atoms with E-state index in [0.717, 1.165) is 17.6 Å². The lowest BCUT2D eigenvalue weighted by atomic mass is 10.2. The first-order valence-electron chi connectivity index (χ1n) is 6.70. The Hall–Kier alpha value is -1.85. The topological polar surface area (TPSA) is 62.8 Å². The van der Waals surface area contributed by atoms with Crippen molar-refractivity contribution in [1.82, 2.24) is 9.97 Å². The molecular weight excluding hydrogens is 320 g/mol. The number of sulfone groups is 1. The number of halogens is 1. The summed E-state index contributed by atoms with van der Waals surface area (Å²) in [5.74, 6) is 0.569. The molecule has 0 radical (unpaired) electrons. The summed E-state index contributed by atoms with van der Waals surface area (Å²) in [6, 6.07) is 4.59. The van der Waals surface area contributed by atoms with Crippen molar-refractivity contribution >= 4 is 27.0 Å². The standard InChI is InChI=1S/C16H17ClN2O2S/c1-12-5-3-7-14(15(17)11-12)16-18-9-4-6-13(8-10-19-16)22(2,20)21/h4-11H,3H2,1-2H3,(H,18,19). The zero-order valence-electron chi connectivity index (χ0n) is 12.4. The fourth-order valence-corrected chi connectivity index (χ4v) is 2.93. The van der Waals surface area contributed by atoms with Crippen molar-refractivity contribution < 1.29 is 8.42 Å². The summed E-state index contributed by atoms with van der Waals surface area (Å²) in [6.45, 7) is 1.99. The van der Waals surface area contributed by atoms with E-state index in [1.165, 1.54) is 24.6 Å². The second kappa shape index (κ2) is 6.94. The number of H-pyrrole nitrogens is 1. The third-order valence-electron chi connectivity index (χ3n) is 3.07. The molecule has 2 rings (SSSR count). The van der Waals surface area contributed by atoms with Crippen molar-refractivity contribution in [3.8, 4) is 0 Å². The summed E-state index contributed by atoms with van der Waals surface area (Å²) in [7, 11) is -3.28. The minimum absolute atomic E-state index is 0.210. The van der Waals surface area contributed by atoms with Gasteiger partial charge in [-0.05, 0) is 37.6 Å². The van der Waals surface area contributed by atoms with Crippen molar-refractivity contribution in [2.24, 2.45) is 0 Å². The molecule has 0 bridgehead atoms. The van der Waals surface area contributed by atoms with E-state index < -0.39 is 9.84 Å². The van der Waals surface area contributed by atoms with Gasteiger partial charge in [0.1, 0.15) is 5.82 Å². The number of nitrogens with one attached hydrogen (secondary N) is 1. The molecule has 0 aliphatic heterocycles. The Labute approximate surface area is 135 Å². The van der Waals surface area contributed by atoms with Gasteiger partial charge in [0.25, 0.3) is 0 Å². The Morgan fingerprint density at radius 3 is 2.77 bits per heavy atom. The van der Waals surface area contributed by atoms with Crippen LogP contribution in [0.15, 0.2) is 64.3 Å². The lowest BCUT2D eigenvalue weighted by Crippen LogP contribution is -1.94. The van der Waals surface area contributed by atoms with Gasteiger partial charge >= 0.3 is 0 Å². The number of hydrogen-bond acceptors (Lipinski definition) is 3. The van der Waals surface area contributed by atoms with Gasteiger partial charge in [0.2, 0.25) is 0 Å². The van der Waals surface area contributed by atoms with E-state index in [0.29, 0.717) is 10.9 Å². The molecule has 4 nitrogen and oxygen atoms in total. The molecule has 0 saturated heterocycles. The Bertz CT molecular complexity index is 816. The molecule has 1 aliphatic rings. The Morgan fingerprint density at radius 1 is 1.27 bits per heavy atom. The number of allylic oxidation sites excluding steroid dienone is 6. The van der Waals surface area contributed by atoms with Crippen LogP contribution in [-0.2, 0) is 9.84 Å². The highest BCUT2D eigenvalue weighted by Crippen LogP contribution is 2.27. The first-order chi connectivity index (χ1) is 10.4. The minimum Gasteiger partial charge on any atom is -0.346 e. The van der Waals surface area contributed by atoms with Gasteiger partial charge in [0.05, 0.1) is 9.93 Å². The van der Waals surface area contributed by atoms with Crippen molar-refractivity contribution in [3.63, 3.8) is 0 Å². The first-order valence-corrected chi connectivity index (χ1v) is 8.97. The highest BCUT2D eigenvalue weighted by Gasteiger charge is 2.09. The van der Waals surface area contributed by atoms with Crippen molar-refractivity contribution in [2.45, 2.75) is 18.2 Å². The van der Waals surface area contributed by atoms with E-state index in [-0.39, 0.29) is 4.90 Å².